The summed E-state index contributed by atoms with van der Waals surface area (Å²) in [7, 11) is 0. The first-order valence-electron chi connectivity index (χ1n) is 4.65. The van der Waals surface area contributed by atoms with Gasteiger partial charge < -0.3 is 10.1 Å². The minimum atomic E-state index is 0.219. The van der Waals surface area contributed by atoms with Gasteiger partial charge in [-0.2, -0.15) is 0 Å². The minimum Gasteiger partial charge on any atom is -0.381 e. The smallest absolute Gasteiger partial charge is 0.220 e. The Morgan fingerprint density at radius 1 is 1.33 bits per heavy atom. The second-order valence-electron chi connectivity index (χ2n) is 3.92. The fourth-order valence-corrected chi connectivity index (χ4v) is 2.17. The van der Waals surface area contributed by atoms with Crippen molar-refractivity contribution in [3.05, 3.63) is 0 Å². The SMILES string of the molecule is O=C1CC2(CCCOCC2)CN1. The Kier molecular flexibility index (Phi) is 2.05. The van der Waals surface area contributed by atoms with Crippen LogP contribution in [0.3, 0.4) is 0 Å². The van der Waals surface area contributed by atoms with Crippen molar-refractivity contribution in [3.8, 4) is 0 Å². The number of carbonyl (C=O) groups is 1. The van der Waals surface area contributed by atoms with Crippen LogP contribution >= 0.6 is 0 Å². The number of rotatable bonds is 0. The van der Waals surface area contributed by atoms with Crippen LogP contribution in [0.2, 0.25) is 0 Å². The van der Waals surface area contributed by atoms with Crippen LogP contribution in [0, 0.1) is 5.41 Å². The van der Waals surface area contributed by atoms with Gasteiger partial charge in [-0.15, -0.1) is 0 Å². The maximum Gasteiger partial charge on any atom is 0.220 e. The zero-order valence-corrected chi connectivity index (χ0v) is 7.27. The maximum absolute atomic E-state index is 11.1. The van der Waals surface area contributed by atoms with Crippen molar-refractivity contribution in [1.29, 1.82) is 0 Å². The van der Waals surface area contributed by atoms with E-state index in [9.17, 15) is 4.79 Å². The molecule has 0 bridgehead atoms. The number of hydrogen-bond acceptors (Lipinski definition) is 2. The Balaban J connectivity index is 2.03. The summed E-state index contributed by atoms with van der Waals surface area (Å²) in [6, 6.07) is 0. The molecule has 0 saturated carbocycles. The summed E-state index contributed by atoms with van der Waals surface area (Å²) in [5.74, 6) is 0.219. The largest absolute Gasteiger partial charge is 0.381 e. The third-order valence-electron chi connectivity index (χ3n) is 2.97. The summed E-state index contributed by atoms with van der Waals surface area (Å²) >= 11 is 0. The highest BCUT2D eigenvalue weighted by molar-refractivity contribution is 5.79. The van der Waals surface area contributed by atoms with Gasteiger partial charge in [0.05, 0.1) is 0 Å². The monoisotopic (exact) mass is 169 g/mol. The standard InChI is InChI=1S/C9H15NO2/c11-8-6-9(7-10-8)2-1-4-12-5-3-9/h1-7H2,(H,10,11). The van der Waals surface area contributed by atoms with Gasteiger partial charge >= 0.3 is 0 Å². The van der Waals surface area contributed by atoms with Crippen LogP contribution < -0.4 is 5.32 Å². The van der Waals surface area contributed by atoms with Crippen LogP contribution in [0.25, 0.3) is 0 Å². The second kappa shape index (κ2) is 3.05. The molecule has 68 valence electrons. The predicted octanol–water partition coefficient (Wildman–Crippen LogP) is 0.693. The van der Waals surface area contributed by atoms with E-state index in [2.05, 4.69) is 5.32 Å². The van der Waals surface area contributed by atoms with Crippen LogP contribution in [0.4, 0.5) is 0 Å². The van der Waals surface area contributed by atoms with Crippen molar-refractivity contribution in [2.75, 3.05) is 19.8 Å². The molecule has 0 aromatic heterocycles. The van der Waals surface area contributed by atoms with E-state index in [1.807, 2.05) is 0 Å². The molecule has 0 radical (unpaired) electrons. The first kappa shape index (κ1) is 8.05. The lowest BCUT2D eigenvalue weighted by molar-refractivity contribution is -0.119. The minimum absolute atomic E-state index is 0.219. The second-order valence-corrected chi connectivity index (χ2v) is 3.92. The summed E-state index contributed by atoms with van der Waals surface area (Å²) in [4.78, 5) is 11.1. The molecule has 1 spiro atoms. The normalized spacial score (nSPS) is 36.5. The molecule has 0 aromatic carbocycles. The molecule has 2 saturated heterocycles. The topological polar surface area (TPSA) is 38.3 Å². The van der Waals surface area contributed by atoms with Crippen molar-refractivity contribution in [3.63, 3.8) is 0 Å². The van der Waals surface area contributed by atoms with E-state index in [-0.39, 0.29) is 11.3 Å². The average Bonchev–Trinajstić information content (AvgIpc) is 2.30. The molecule has 2 rings (SSSR count). The van der Waals surface area contributed by atoms with E-state index in [4.69, 9.17) is 4.74 Å². The summed E-state index contributed by atoms with van der Waals surface area (Å²) in [6.07, 6.45) is 4.02. The van der Waals surface area contributed by atoms with Gasteiger partial charge in [0.15, 0.2) is 0 Å². The van der Waals surface area contributed by atoms with E-state index in [1.54, 1.807) is 0 Å². The molecule has 12 heavy (non-hydrogen) atoms. The van der Waals surface area contributed by atoms with Gasteiger partial charge in [-0.3, -0.25) is 4.79 Å². The summed E-state index contributed by atoms with van der Waals surface area (Å²) in [6.45, 7) is 2.57. The van der Waals surface area contributed by atoms with E-state index in [1.165, 1.54) is 0 Å². The fourth-order valence-electron chi connectivity index (χ4n) is 2.17. The summed E-state index contributed by atoms with van der Waals surface area (Å²) in [5, 5.41) is 2.91. The van der Waals surface area contributed by atoms with Gasteiger partial charge in [0.25, 0.3) is 0 Å². The van der Waals surface area contributed by atoms with Crippen molar-refractivity contribution in [2.45, 2.75) is 25.7 Å². The molecule has 1 unspecified atom stereocenters. The van der Waals surface area contributed by atoms with Crippen LogP contribution in [-0.2, 0) is 9.53 Å². The van der Waals surface area contributed by atoms with Crippen molar-refractivity contribution < 1.29 is 9.53 Å². The summed E-state index contributed by atoms with van der Waals surface area (Å²) in [5.41, 5.74) is 0.244. The highest BCUT2D eigenvalue weighted by Gasteiger charge is 2.38. The quantitative estimate of drug-likeness (QED) is 0.579. The van der Waals surface area contributed by atoms with Crippen molar-refractivity contribution >= 4 is 5.91 Å². The molecule has 3 nitrogen and oxygen atoms in total. The van der Waals surface area contributed by atoms with Gasteiger partial charge in [-0.05, 0) is 24.7 Å². The molecule has 2 fully saturated rings. The maximum atomic E-state index is 11.1. The molecule has 1 amide bonds. The molecule has 1 N–H and O–H groups in total. The molecule has 2 aliphatic rings. The Morgan fingerprint density at radius 3 is 3.00 bits per heavy atom. The highest BCUT2D eigenvalue weighted by atomic mass is 16.5. The summed E-state index contributed by atoms with van der Waals surface area (Å²) < 4.78 is 5.38. The number of nitrogens with one attached hydrogen (secondary N) is 1. The number of amides is 1. The lowest BCUT2D eigenvalue weighted by Gasteiger charge is -2.23. The molecule has 0 aliphatic carbocycles. The van der Waals surface area contributed by atoms with Crippen LogP contribution in [0.5, 0.6) is 0 Å². The highest BCUT2D eigenvalue weighted by Crippen LogP contribution is 2.36. The van der Waals surface area contributed by atoms with E-state index >= 15 is 0 Å². The van der Waals surface area contributed by atoms with Gasteiger partial charge in [0, 0.05) is 26.2 Å². The van der Waals surface area contributed by atoms with Crippen LogP contribution in [0.15, 0.2) is 0 Å². The lowest BCUT2D eigenvalue weighted by Crippen LogP contribution is -2.24. The van der Waals surface area contributed by atoms with Crippen molar-refractivity contribution in [2.24, 2.45) is 5.41 Å². The zero-order chi connectivity index (χ0) is 8.44. The first-order chi connectivity index (χ1) is 5.81. The fraction of sp³-hybridized carbons (Fsp3) is 0.889. The van der Waals surface area contributed by atoms with E-state index in [0.717, 1.165) is 45.4 Å². The first-order valence-corrected chi connectivity index (χ1v) is 4.65. The van der Waals surface area contributed by atoms with Crippen LogP contribution in [0.1, 0.15) is 25.7 Å². The Morgan fingerprint density at radius 2 is 2.25 bits per heavy atom. The molecule has 2 heterocycles. The Labute approximate surface area is 72.5 Å². The van der Waals surface area contributed by atoms with Crippen LogP contribution in [-0.4, -0.2) is 25.7 Å². The molecular formula is C9H15NO2. The lowest BCUT2D eigenvalue weighted by atomic mass is 9.80. The number of carbonyl (C=O) groups excluding carboxylic acids is 1. The Hall–Kier alpha value is -0.570. The number of ether oxygens (including phenoxy) is 1. The van der Waals surface area contributed by atoms with Gasteiger partial charge in [-0.1, -0.05) is 0 Å². The molecule has 0 aromatic rings. The number of hydrogen-bond donors (Lipinski definition) is 1. The van der Waals surface area contributed by atoms with Gasteiger partial charge in [0.2, 0.25) is 5.91 Å². The third kappa shape index (κ3) is 1.46. The molecule has 3 heteroatoms. The van der Waals surface area contributed by atoms with E-state index < -0.39 is 0 Å². The van der Waals surface area contributed by atoms with E-state index in [0.29, 0.717) is 0 Å². The molecular weight excluding hydrogens is 154 g/mol. The zero-order valence-electron chi connectivity index (χ0n) is 7.27. The average molecular weight is 169 g/mol. The van der Waals surface area contributed by atoms with Gasteiger partial charge in [-0.25, -0.2) is 0 Å². The Bertz CT molecular complexity index is 183. The predicted molar refractivity (Wildman–Crippen MR) is 44.7 cm³/mol. The van der Waals surface area contributed by atoms with Crippen molar-refractivity contribution in [1.82, 2.24) is 5.32 Å². The molecule has 2 aliphatic heterocycles. The van der Waals surface area contributed by atoms with Gasteiger partial charge in [0.1, 0.15) is 0 Å². The third-order valence-corrected chi connectivity index (χ3v) is 2.97. The molecule has 1 atom stereocenters.